The van der Waals surface area contributed by atoms with E-state index in [1.165, 1.54) is 11.1 Å². The second kappa shape index (κ2) is 14.6. The molecule has 44 heavy (non-hydrogen) atoms. The van der Waals surface area contributed by atoms with E-state index in [0.717, 1.165) is 59.4 Å². The van der Waals surface area contributed by atoms with Crippen LogP contribution >= 0.6 is 0 Å². The molecule has 1 fully saturated rings. The predicted octanol–water partition coefficient (Wildman–Crippen LogP) is 7.55. The van der Waals surface area contributed by atoms with Gasteiger partial charge in [0.2, 0.25) is 0 Å². The maximum absolute atomic E-state index is 9.58. The first-order chi connectivity index (χ1) is 21.7. The van der Waals surface area contributed by atoms with Gasteiger partial charge in [-0.15, -0.1) is 0 Å². The van der Waals surface area contributed by atoms with Gasteiger partial charge in [0.25, 0.3) is 0 Å². The average molecular weight is 585 g/mol. The van der Waals surface area contributed by atoms with Gasteiger partial charge in [-0.05, 0) is 45.0 Å². The van der Waals surface area contributed by atoms with Crippen LogP contribution in [0, 0.1) is 0 Å². The van der Waals surface area contributed by atoms with Crippen LogP contribution < -0.4 is 5.73 Å². The predicted molar refractivity (Wildman–Crippen MR) is 175 cm³/mol. The number of aliphatic hydroxyl groups is 1. The maximum Gasteiger partial charge on any atom is 0.184 e. The summed E-state index contributed by atoms with van der Waals surface area (Å²) >= 11 is 0. The van der Waals surface area contributed by atoms with Crippen LogP contribution in [-0.4, -0.2) is 22.7 Å². The molecule has 5 aromatic carbocycles. The van der Waals surface area contributed by atoms with Crippen molar-refractivity contribution in [1.29, 1.82) is 0 Å². The van der Waals surface area contributed by atoms with E-state index in [-0.39, 0.29) is 18.8 Å². The Bertz CT molecular complexity index is 1550. The summed E-state index contributed by atoms with van der Waals surface area (Å²) in [6.45, 7) is 2.96. The minimum Gasteiger partial charge on any atom is -0.392 e. The van der Waals surface area contributed by atoms with Crippen LogP contribution in [0.3, 0.4) is 0 Å². The zero-order valence-electron chi connectivity index (χ0n) is 25.0. The van der Waals surface area contributed by atoms with Crippen LogP contribution in [0.15, 0.2) is 133 Å². The van der Waals surface area contributed by atoms with Crippen molar-refractivity contribution < 1.29 is 14.6 Å². The Balaban J connectivity index is 1.26. The van der Waals surface area contributed by atoms with Crippen LogP contribution in [0.2, 0.25) is 0 Å². The summed E-state index contributed by atoms with van der Waals surface area (Å²) in [5, 5.41) is 9.58. The Morgan fingerprint density at radius 3 is 1.84 bits per heavy atom. The summed E-state index contributed by atoms with van der Waals surface area (Å²) in [5.41, 5.74) is 14.8. The lowest BCUT2D eigenvalue weighted by molar-refractivity contribution is -0.253. The van der Waals surface area contributed by atoms with Gasteiger partial charge >= 0.3 is 0 Å². The van der Waals surface area contributed by atoms with E-state index < -0.39 is 6.29 Å². The Kier molecular flexibility index (Phi) is 9.93. The number of nitrogens with two attached hydrogens (primary N) is 1. The van der Waals surface area contributed by atoms with E-state index in [1.54, 1.807) is 0 Å². The molecule has 0 bridgehead atoms. The van der Waals surface area contributed by atoms with E-state index in [1.807, 2.05) is 24.3 Å². The van der Waals surface area contributed by atoms with Crippen molar-refractivity contribution in [3.63, 3.8) is 0 Å². The normalized spacial score (nSPS) is 18.4. The van der Waals surface area contributed by atoms with E-state index in [0.29, 0.717) is 6.54 Å². The third-order valence-corrected chi connectivity index (χ3v) is 8.25. The summed E-state index contributed by atoms with van der Waals surface area (Å²) in [6, 6.07) is 46.1. The first-order valence-corrected chi connectivity index (χ1v) is 15.4. The monoisotopic (exact) mass is 584 g/mol. The molecule has 1 aliphatic rings. The summed E-state index contributed by atoms with van der Waals surface area (Å²) < 4.78 is 13.4. The molecule has 1 saturated heterocycles. The molecule has 0 radical (unpaired) electrons. The molecular weight excluding hydrogens is 544 g/mol. The van der Waals surface area contributed by atoms with Gasteiger partial charge in [0, 0.05) is 38.2 Å². The smallest absolute Gasteiger partial charge is 0.184 e. The highest BCUT2D eigenvalue weighted by Crippen LogP contribution is 2.39. The second-order valence-corrected chi connectivity index (χ2v) is 11.5. The van der Waals surface area contributed by atoms with Gasteiger partial charge in [-0.3, -0.25) is 4.90 Å². The number of benzene rings is 5. The Morgan fingerprint density at radius 1 is 0.614 bits per heavy atom. The van der Waals surface area contributed by atoms with Crippen molar-refractivity contribution in [2.24, 2.45) is 5.73 Å². The molecule has 6 rings (SSSR count). The third kappa shape index (κ3) is 7.69. The van der Waals surface area contributed by atoms with E-state index in [9.17, 15) is 5.11 Å². The standard InChI is InChI=1S/C39H40N2O3/c40-24-32-12-7-13-36(22-32)33-18-20-35(21-19-33)39-43-37(23-38(44-39)34-16-14-31(28-42)15-17-34)27-41(25-29-8-3-1-4-9-29)26-30-10-5-2-6-11-30/h1-22,37-39,42H,23-28,40H2. The summed E-state index contributed by atoms with van der Waals surface area (Å²) in [6.07, 6.45) is 0.0438. The van der Waals surface area contributed by atoms with E-state index in [2.05, 4.69) is 114 Å². The van der Waals surface area contributed by atoms with Crippen molar-refractivity contribution in [2.75, 3.05) is 6.54 Å². The molecule has 5 aromatic rings. The average Bonchev–Trinajstić information content (AvgIpc) is 3.09. The van der Waals surface area contributed by atoms with Crippen molar-refractivity contribution in [3.8, 4) is 11.1 Å². The molecule has 5 heteroatoms. The Hall–Kier alpha value is -4.10. The number of hydrogen-bond acceptors (Lipinski definition) is 5. The largest absolute Gasteiger partial charge is 0.392 e. The molecule has 3 N–H and O–H groups in total. The highest BCUT2D eigenvalue weighted by atomic mass is 16.7. The molecule has 5 nitrogen and oxygen atoms in total. The molecule has 3 unspecified atom stereocenters. The Labute approximate surface area is 260 Å². The highest BCUT2D eigenvalue weighted by Gasteiger charge is 2.33. The minimum absolute atomic E-state index is 0.0225. The maximum atomic E-state index is 9.58. The fourth-order valence-corrected chi connectivity index (χ4v) is 5.90. The fourth-order valence-electron chi connectivity index (χ4n) is 5.90. The first kappa shape index (κ1) is 29.9. The molecule has 224 valence electrons. The molecule has 3 atom stereocenters. The molecule has 1 heterocycles. The highest BCUT2D eigenvalue weighted by molar-refractivity contribution is 5.64. The SMILES string of the molecule is NCc1cccc(-c2ccc(C3OC(CN(Cc4ccccc4)Cc4ccccc4)CC(c4ccc(CO)cc4)O3)cc2)c1. The topological polar surface area (TPSA) is 68.0 Å². The van der Waals surface area contributed by atoms with Gasteiger partial charge < -0.3 is 20.3 Å². The molecule has 0 aromatic heterocycles. The summed E-state index contributed by atoms with van der Waals surface area (Å²) in [4.78, 5) is 2.47. The number of hydrogen-bond donors (Lipinski definition) is 2. The molecule has 0 aliphatic carbocycles. The van der Waals surface area contributed by atoms with E-state index in [4.69, 9.17) is 15.2 Å². The van der Waals surface area contributed by atoms with Crippen LogP contribution in [0.4, 0.5) is 0 Å². The van der Waals surface area contributed by atoms with Gasteiger partial charge in [0.1, 0.15) is 0 Å². The number of aliphatic hydroxyl groups excluding tert-OH is 1. The zero-order chi connectivity index (χ0) is 30.1. The van der Waals surface area contributed by atoms with E-state index >= 15 is 0 Å². The Morgan fingerprint density at radius 2 is 1.23 bits per heavy atom. The lowest BCUT2D eigenvalue weighted by Gasteiger charge is -2.38. The number of nitrogens with zero attached hydrogens (tertiary/aromatic N) is 1. The van der Waals surface area contributed by atoms with Crippen LogP contribution in [-0.2, 0) is 35.7 Å². The van der Waals surface area contributed by atoms with Gasteiger partial charge in [0.15, 0.2) is 6.29 Å². The van der Waals surface area contributed by atoms with Crippen molar-refractivity contribution in [3.05, 3.63) is 167 Å². The van der Waals surface area contributed by atoms with Gasteiger partial charge in [-0.2, -0.15) is 0 Å². The first-order valence-electron chi connectivity index (χ1n) is 15.4. The molecular formula is C39H40N2O3. The fraction of sp³-hybridized carbons (Fsp3) is 0.231. The van der Waals surface area contributed by atoms with Crippen molar-refractivity contribution >= 4 is 0 Å². The zero-order valence-corrected chi connectivity index (χ0v) is 25.0. The third-order valence-electron chi connectivity index (χ3n) is 8.25. The molecule has 0 amide bonds. The van der Waals surface area contributed by atoms with Gasteiger partial charge in [0.05, 0.1) is 18.8 Å². The molecule has 0 saturated carbocycles. The lowest BCUT2D eigenvalue weighted by atomic mass is 9.98. The summed E-state index contributed by atoms with van der Waals surface area (Å²) in [7, 11) is 0. The minimum atomic E-state index is -0.504. The molecule has 1 aliphatic heterocycles. The van der Waals surface area contributed by atoms with Crippen molar-refractivity contribution in [2.45, 2.75) is 51.2 Å². The molecule has 0 spiro atoms. The van der Waals surface area contributed by atoms with Crippen LogP contribution in [0.1, 0.15) is 52.2 Å². The quantitative estimate of drug-likeness (QED) is 0.168. The van der Waals surface area contributed by atoms with Gasteiger partial charge in [-0.1, -0.05) is 127 Å². The van der Waals surface area contributed by atoms with Crippen LogP contribution in [0.5, 0.6) is 0 Å². The second-order valence-electron chi connectivity index (χ2n) is 11.5. The number of ether oxygens (including phenoxy) is 2. The van der Waals surface area contributed by atoms with Gasteiger partial charge in [-0.25, -0.2) is 0 Å². The lowest BCUT2D eigenvalue weighted by Crippen LogP contribution is -2.39. The van der Waals surface area contributed by atoms with Crippen molar-refractivity contribution in [1.82, 2.24) is 4.90 Å². The number of rotatable bonds is 11. The van der Waals surface area contributed by atoms with Crippen LogP contribution in [0.25, 0.3) is 11.1 Å². The summed E-state index contributed by atoms with van der Waals surface area (Å²) in [5.74, 6) is 0.